The van der Waals surface area contributed by atoms with Crippen molar-refractivity contribution in [1.82, 2.24) is 0 Å². The lowest BCUT2D eigenvalue weighted by atomic mass is 10.3. The number of ether oxygens (including phenoxy) is 2. The molecule has 0 saturated heterocycles. The summed E-state index contributed by atoms with van der Waals surface area (Å²) < 4.78 is 10.7. The second kappa shape index (κ2) is 10.8. The molecule has 0 bridgehead atoms. The zero-order valence-electron chi connectivity index (χ0n) is 10.8. The highest BCUT2D eigenvalue weighted by Crippen LogP contribution is 2.19. The van der Waals surface area contributed by atoms with Crippen molar-refractivity contribution in [3.8, 4) is 11.5 Å². The highest BCUT2D eigenvalue weighted by atomic mass is 16.5. The average molecular weight is 234 g/mol. The normalized spacial score (nSPS) is 8.59. The summed E-state index contributed by atoms with van der Waals surface area (Å²) in [6, 6.07) is 7.48. The van der Waals surface area contributed by atoms with E-state index in [4.69, 9.17) is 9.47 Å². The maximum absolute atomic E-state index is 5.35. The fourth-order valence-corrected chi connectivity index (χ4v) is 0.964. The largest absolute Gasteiger partial charge is 0.489 e. The summed E-state index contributed by atoms with van der Waals surface area (Å²) in [6.45, 7) is 12.4. The predicted octanol–water partition coefficient (Wildman–Crippen LogP) is 4.23. The third kappa shape index (κ3) is 8.14. The van der Waals surface area contributed by atoms with Crippen LogP contribution in [0.4, 0.5) is 0 Å². The number of hydrogen-bond donors (Lipinski definition) is 0. The van der Waals surface area contributed by atoms with Crippen LogP contribution in [0.5, 0.6) is 11.5 Å². The topological polar surface area (TPSA) is 18.5 Å². The first-order chi connectivity index (χ1) is 8.28. The van der Waals surface area contributed by atoms with E-state index in [9.17, 15) is 0 Å². The van der Waals surface area contributed by atoms with Gasteiger partial charge in [0.05, 0.1) is 0 Å². The Morgan fingerprint density at radius 1 is 1.00 bits per heavy atom. The van der Waals surface area contributed by atoms with Gasteiger partial charge in [-0.2, -0.15) is 0 Å². The molecule has 2 heteroatoms. The molecule has 0 amide bonds. The minimum atomic E-state index is 0.505. The second-order valence-electron chi connectivity index (χ2n) is 3.38. The van der Waals surface area contributed by atoms with Gasteiger partial charge in [-0.1, -0.05) is 51.6 Å². The monoisotopic (exact) mass is 234 g/mol. The van der Waals surface area contributed by atoms with E-state index in [0.29, 0.717) is 13.2 Å². The molecule has 0 spiro atoms. The van der Waals surface area contributed by atoms with Crippen molar-refractivity contribution in [3.05, 3.63) is 49.6 Å². The van der Waals surface area contributed by atoms with Crippen LogP contribution in [0.25, 0.3) is 0 Å². The van der Waals surface area contributed by atoms with Gasteiger partial charge in [0.25, 0.3) is 0 Å². The Hall–Kier alpha value is -1.70. The first-order valence-corrected chi connectivity index (χ1v) is 5.85. The molecule has 0 aliphatic rings. The standard InChI is InChI=1S/C12H14O2.C3H8/c1-3-8-13-11-6-5-7-12(10-11)14-9-4-2;1-3-2/h3-7,10H,1-2,8-9H2;3H2,1-2H3. The highest BCUT2D eigenvalue weighted by Gasteiger charge is 1.95. The first kappa shape index (κ1) is 15.3. The second-order valence-corrected chi connectivity index (χ2v) is 3.38. The zero-order chi connectivity index (χ0) is 12.9. The summed E-state index contributed by atoms with van der Waals surface area (Å²) in [5.41, 5.74) is 0. The molecule has 0 aliphatic heterocycles. The molecule has 0 fully saturated rings. The molecular formula is C15H22O2. The molecular weight excluding hydrogens is 212 g/mol. The summed E-state index contributed by atoms with van der Waals surface area (Å²) in [7, 11) is 0. The molecule has 0 atom stereocenters. The summed E-state index contributed by atoms with van der Waals surface area (Å²) in [6.07, 6.45) is 4.66. The average Bonchev–Trinajstić information content (AvgIpc) is 2.35. The minimum Gasteiger partial charge on any atom is -0.489 e. The first-order valence-electron chi connectivity index (χ1n) is 5.85. The number of benzene rings is 1. The Labute approximate surface area is 105 Å². The molecule has 0 aromatic heterocycles. The van der Waals surface area contributed by atoms with E-state index in [1.54, 1.807) is 12.2 Å². The quantitative estimate of drug-likeness (QED) is 0.686. The Morgan fingerprint density at radius 3 is 1.76 bits per heavy atom. The Morgan fingerprint density at radius 2 is 1.41 bits per heavy atom. The SMILES string of the molecule is C=CCOc1cccc(OCC=C)c1.CCC. The molecule has 2 nitrogen and oxygen atoms in total. The van der Waals surface area contributed by atoms with Crippen LogP contribution in [0.2, 0.25) is 0 Å². The van der Waals surface area contributed by atoms with Crippen molar-refractivity contribution in [1.29, 1.82) is 0 Å². The lowest BCUT2D eigenvalue weighted by molar-refractivity contribution is 0.345. The van der Waals surface area contributed by atoms with Crippen molar-refractivity contribution in [2.75, 3.05) is 13.2 Å². The van der Waals surface area contributed by atoms with Crippen molar-refractivity contribution in [2.24, 2.45) is 0 Å². The third-order valence-electron chi connectivity index (χ3n) is 1.54. The molecule has 0 heterocycles. The van der Waals surface area contributed by atoms with Crippen LogP contribution < -0.4 is 9.47 Å². The molecule has 0 aliphatic carbocycles. The molecule has 1 aromatic carbocycles. The summed E-state index contributed by atoms with van der Waals surface area (Å²) in [4.78, 5) is 0. The van der Waals surface area contributed by atoms with Crippen LogP contribution in [-0.2, 0) is 0 Å². The van der Waals surface area contributed by atoms with E-state index in [0.717, 1.165) is 11.5 Å². The molecule has 17 heavy (non-hydrogen) atoms. The van der Waals surface area contributed by atoms with Gasteiger partial charge in [-0.15, -0.1) is 0 Å². The Bertz CT molecular complexity index is 291. The highest BCUT2D eigenvalue weighted by molar-refractivity contribution is 5.33. The van der Waals surface area contributed by atoms with Gasteiger partial charge in [0.1, 0.15) is 24.7 Å². The lowest BCUT2D eigenvalue weighted by Crippen LogP contribution is -1.95. The van der Waals surface area contributed by atoms with Gasteiger partial charge in [0.15, 0.2) is 0 Å². The maximum Gasteiger partial charge on any atom is 0.123 e. The van der Waals surface area contributed by atoms with E-state index in [1.165, 1.54) is 6.42 Å². The number of rotatable bonds is 6. The van der Waals surface area contributed by atoms with E-state index in [-0.39, 0.29) is 0 Å². The summed E-state index contributed by atoms with van der Waals surface area (Å²) in [5, 5.41) is 0. The summed E-state index contributed by atoms with van der Waals surface area (Å²) >= 11 is 0. The molecule has 0 N–H and O–H groups in total. The van der Waals surface area contributed by atoms with E-state index < -0.39 is 0 Å². The van der Waals surface area contributed by atoms with Crippen LogP contribution in [0.3, 0.4) is 0 Å². The van der Waals surface area contributed by atoms with E-state index >= 15 is 0 Å². The van der Waals surface area contributed by atoms with Crippen molar-refractivity contribution in [3.63, 3.8) is 0 Å². The van der Waals surface area contributed by atoms with Gasteiger partial charge in [0, 0.05) is 6.07 Å². The Kier molecular flexibility index (Phi) is 9.73. The van der Waals surface area contributed by atoms with Crippen LogP contribution >= 0.6 is 0 Å². The Balaban J connectivity index is 0.000000770. The molecule has 0 unspecified atom stereocenters. The lowest BCUT2D eigenvalue weighted by Gasteiger charge is -2.06. The maximum atomic E-state index is 5.35. The molecule has 0 saturated carbocycles. The van der Waals surface area contributed by atoms with E-state index in [2.05, 4.69) is 27.0 Å². The van der Waals surface area contributed by atoms with Gasteiger partial charge in [-0.3, -0.25) is 0 Å². The molecule has 1 aromatic rings. The van der Waals surface area contributed by atoms with Crippen LogP contribution in [-0.4, -0.2) is 13.2 Å². The third-order valence-corrected chi connectivity index (χ3v) is 1.54. The van der Waals surface area contributed by atoms with Crippen LogP contribution in [0.1, 0.15) is 20.3 Å². The van der Waals surface area contributed by atoms with Gasteiger partial charge in [-0.05, 0) is 12.1 Å². The van der Waals surface area contributed by atoms with Crippen molar-refractivity contribution >= 4 is 0 Å². The van der Waals surface area contributed by atoms with Gasteiger partial charge in [-0.25, -0.2) is 0 Å². The fraction of sp³-hybridized carbons (Fsp3) is 0.333. The summed E-state index contributed by atoms with van der Waals surface area (Å²) in [5.74, 6) is 1.57. The van der Waals surface area contributed by atoms with Crippen molar-refractivity contribution in [2.45, 2.75) is 20.3 Å². The molecule has 0 radical (unpaired) electrons. The number of hydrogen-bond acceptors (Lipinski definition) is 2. The fourth-order valence-electron chi connectivity index (χ4n) is 0.964. The molecule has 94 valence electrons. The minimum absolute atomic E-state index is 0.505. The van der Waals surface area contributed by atoms with Gasteiger partial charge < -0.3 is 9.47 Å². The zero-order valence-corrected chi connectivity index (χ0v) is 10.8. The van der Waals surface area contributed by atoms with Crippen LogP contribution in [0.15, 0.2) is 49.6 Å². The predicted molar refractivity (Wildman–Crippen MR) is 73.8 cm³/mol. The van der Waals surface area contributed by atoms with E-state index in [1.807, 2.05) is 24.3 Å². The van der Waals surface area contributed by atoms with Crippen LogP contribution in [0, 0.1) is 0 Å². The smallest absolute Gasteiger partial charge is 0.123 e. The van der Waals surface area contributed by atoms with Gasteiger partial charge in [0.2, 0.25) is 0 Å². The van der Waals surface area contributed by atoms with Gasteiger partial charge >= 0.3 is 0 Å². The molecule has 1 rings (SSSR count). The van der Waals surface area contributed by atoms with Crippen molar-refractivity contribution < 1.29 is 9.47 Å².